The van der Waals surface area contributed by atoms with Gasteiger partial charge in [0.05, 0.1) is 0 Å². The van der Waals surface area contributed by atoms with Gasteiger partial charge < -0.3 is 14.5 Å². The molecule has 1 aliphatic carbocycles. The van der Waals surface area contributed by atoms with Gasteiger partial charge in [0, 0.05) is 22.3 Å². The molecule has 1 heterocycles. The van der Waals surface area contributed by atoms with Gasteiger partial charge in [-0.3, -0.25) is 0 Å². The molecule has 4 aromatic rings. The van der Waals surface area contributed by atoms with Gasteiger partial charge in [-0.1, -0.05) is 49.4 Å². The minimum Gasteiger partial charge on any atom is -0.456 e. The van der Waals surface area contributed by atoms with Crippen LogP contribution in [0.5, 0.6) is 0 Å². The number of fused-ring (bicyclic) bond motifs is 7. The Morgan fingerprint density at radius 2 is 1.62 bits per heavy atom. The fraction of sp³-hybridized carbons (Fsp3) is 0.100. The lowest BCUT2D eigenvalue weighted by Crippen LogP contribution is -2.33. The number of para-hydroxylation sites is 1. The van der Waals surface area contributed by atoms with E-state index in [1.807, 2.05) is 30.3 Å². The van der Waals surface area contributed by atoms with Crippen LogP contribution in [0.4, 0.5) is 0 Å². The monoisotopic (exact) mass is 314 g/mol. The first-order valence-corrected chi connectivity index (χ1v) is 8.10. The second-order valence-electron chi connectivity index (χ2n) is 6.41. The SMILES string of the molecule is CC1c2c(B(O)O)cccc2-c2ccc3c(oc4ccccc43)c21. The summed E-state index contributed by atoms with van der Waals surface area (Å²) in [6.07, 6.45) is 0. The van der Waals surface area contributed by atoms with Crippen LogP contribution in [0.1, 0.15) is 24.0 Å². The van der Waals surface area contributed by atoms with E-state index >= 15 is 0 Å². The predicted molar refractivity (Wildman–Crippen MR) is 96.5 cm³/mol. The van der Waals surface area contributed by atoms with Gasteiger partial charge in [0.2, 0.25) is 0 Å². The first-order valence-electron chi connectivity index (χ1n) is 8.10. The molecule has 0 spiro atoms. The van der Waals surface area contributed by atoms with E-state index in [-0.39, 0.29) is 5.92 Å². The lowest BCUT2D eigenvalue weighted by molar-refractivity contribution is 0.425. The Balaban J connectivity index is 1.88. The zero-order valence-corrected chi connectivity index (χ0v) is 13.2. The molecule has 0 fully saturated rings. The van der Waals surface area contributed by atoms with Crippen molar-refractivity contribution in [3.63, 3.8) is 0 Å². The summed E-state index contributed by atoms with van der Waals surface area (Å²) in [5.74, 6) is 0.0530. The maximum Gasteiger partial charge on any atom is 0.488 e. The number of hydrogen-bond donors (Lipinski definition) is 2. The Bertz CT molecular complexity index is 1110. The number of benzene rings is 3. The highest BCUT2D eigenvalue weighted by Crippen LogP contribution is 2.48. The highest BCUT2D eigenvalue weighted by molar-refractivity contribution is 6.59. The predicted octanol–water partition coefficient (Wildman–Crippen LogP) is 3.40. The van der Waals surface area contributed by atoms with Gasteiger partial charge in [0.25, 0.3) is 0 Å². The molecule has 0 saturated carbocycles. The summed E-state index contributed by atoms with van der Waals surface area (Å²) in [4.78, 5) is 0. The van der Waals surface area contributed by atoms with Gasteiger partial charge in [-0.05, 0) is 34.3 Å². The van der Waals surface area contributed by atoms with E-state index in [4.69, 9.17) is 4.42 Å². The highest BCUT2D eigenvalue weighted by atomic mass is 16.4. The highest BCUT2D eigenvalue weighted by Gasteiger charge is 2.33. The van der Waals surface area contributed by atoms with Crippen molar-refractivity contribution in [2.45, 2.75) is 12.8 Å². The second-order valence-corrected chi connectivity index (χ2v) is 6.41. The Labute approximate surface area is 139 Å². The van der Waals surface area contributed by atoms with Crippen molar-refractivity contribution in [1.82, 2.24) is 0 Å². The quantitative estimate of drug-likeness (QED) is 0.530. The topological polar surface area (TPSA) is 53.6 Å². The van der Waals surface area contributed by atoms with Crippen LogP contribution in [-0.2, 0) is 0 Å². The largest absolute Gasteiger partial charge is 0.488 e. The van der Waals surface area contributed by atoms with Crippen LogP contribution in [-0.4, -0.2) is 17.2 Å². The first-order chi connectivity index (χ1) is 11.7. The summed E-state index contributed by atoms with van der Waals surface area (Å²) in [6.45, 7) is 2.10. The van der Waals surface area contributed by atoms with Crippen molar-refractivity contribution in [1.29, 1.82) is 0 Å². The fourth-order valence-corrected chi connectivity index (χ4v) is 4.15. The zero-order valence-electron chi connectivity index (χ0n) is 13.2. The molecule has 24 heavy (non-hydrogen) atoms. The molecule has 0 aliphatic heterocycles. The molecule has 1 atom stereocenters. The first kappa shape index (κ1) is 13.8. The van der Waals surface area contributed by atoms with Crippen molar-refractivity contribution in [3.8, 4) is 11.1 Å². The molecular weight excluding hydrogens is 299 g/mol. The van der Waals surface area contributed by atoms with Crippen molar-refractivity contribution in [2.24, 2.45) is 0 Å². The van der Waals surface area contributed by atoms with Crippen LogP contribution in [0, 0.1) is 0 Å². The molecule has 116 valence electrons. The Kier molecular flexibility index (Phi) is 2.73. The maximum absolute atomic E-state index is 9.74. The van der Waals surface area contributed by atoms with E-state index in [0.717, 1.165) is 44.2 Å². The average Bonchev–Trinajstić information content (AvgIpc) is 3.11. The van der Waals surface area contributed by atoms with E-state index in [0.29, 0.717) is 5.46 Å². The zero-order chi connectivity index (χ0) is 16.4. The minimum atomic E-state index is -1.47. The van der Waals surface area contributed by atoms with Crippen molar-refractivity contribution in [2.75, 3.05) is 0 Å². The van der Waals surface area contributed by atoms with E-state index in [9.17, 15) is 10.0 Å². The standard InChI is InChI=1S/C20H15BO3/c1-11-18-13(6-4-7-16(18)21(22)23)14-9-10-15-12-5-2-3-8-17(12)24-20(15)19(11)14/h2-11,22-23H,1H3. The molecule has 0 radical (unpaired) electrons. The Morgan fingerprint density at radius 3 is 2.46 bits per heavy atom. The number of furan rings is 1. The van der Waals surface area contributed by atoms with E-state index in [1.54, 1.807) is 6.07 Å². The van der Waals surface area contributed by atoms with Gasteiger partial charge in [0.1, 0.15) is 11.2 Å². The van der Waals surface area contributed by atoms with Crippen LogP contribution in [0.15, 0.2) is 59.0 Å². The summed E-state index contributed by atoms with van der Waals surface area (Å²) >= 11 is 0. The van der Waals surface area contributed by atoms with Crippen LogP contribution in [0.25, 0.3) is 33.1 Å². The molecule has 4 heteroatoms. The van der Waals surface area contributed by atoms with Gasteiger partial charge >= 0.3 is 7.12 Å². The lowest BCUT2D eigenvalue weighted by Gasteiger charge is -2.12. The maximum atomic E-state index is 9.74. The van der Waals surface area contributed by atoms with E-state index in [2.05, 4.69) is 25.1 Å². The van der Waals surface area contributed by atoms with Gasteiger partial charge in [0.15, 0.2) is 0 Å². The number of hydrogen-bond acceptors (Lipinski definition) is 3. The van der Waals surface area contributed by atoms with Crippen molar-refractivity contribution >= 4 is 34.5 Å². The molecule has 0 amide bonds. The molecule has 0 saturated heterocycles. The summed E-state index contributed by atoms with van der Waals surface area (Å²) in [5, 5.41) is 21.7. The molecule has 1 aliphatic rings. The molecule has 1 aromatic heterocycles. The van der Waals surface area contributed by atoms with Crippen LogP contribution in [0.2, 0.25) is 0 Å². The fourth-order valence-electron chi connectivity index (χ4n) is 4.15. The molecule has 2 N–H and O–H groups in total. The molecule has 0 bridgehead atoms. The van der Waals surface area contributed by atoms with E-state index < -0.39 is 7.12 Å². The summed E-state index contributed by atoms with van der Waals surface area (Å²) in [7, 11) is -1.47. The molecule has 3 aromatic carbocycles. The summed E-state index contributed by atoms with van der Waals surface area (Å²) in [5.41, 5.74) is 6.64. The Hall–Kier alpha value is -2.56. The van der Waals surface area contributed by atoms with Crippen LogP contribution < -0.4 is 5.46 Å². The van der Waals surface area contributed by atoms with Crippen molar-refractivity contribution < 1.29 is 14.5 Å². The summed E-state index contributed by atoms with van der Waals surface area (Å²) in [6, 6.07) is 18.0. The van der Waals surface area contributed by atoms with Crippen LogP contribution >= 0.6 is 0 Å². The molecule has 5 rings (SSSR count). The second kappa shape index (κ2) is 4.73. The van der Waals surface area contributed by atoms with Crippen LogP contribution in [0.3, 0.4) is 0 Å². The van der Waals surface area contributed by atoms with Gasteiger partial charge in [-0.15, -0.1) is 0 Å². The third kappa shape index (κ3) is 1.64. The summed E-state index contributed by atoms with van der Waals surface area (Å²) < 4.78 is 6.17. The third-order valence-electron chi connectivity index (χ3n) is 5.16. The number of rotatable bonds is 1. The molecule has 3 nitrogen and oxygen atoms in total. The van der Waals surface area contributed by atoms with Crippen molar-refractivity contribution in [3.05, 3.63) is 65.7 Å². The molecule has 1 unspecified atom stereocenters. The smallest absolute Gasteiger partial charge is 0.456 e. The van der Waals surface area contributed by atoms with Gasteiger partial charge in [-0.25, -0.2) is 0 Å². The van der Waals surface area contributed by atoms with Gasteiger partial charge in [-0.2, -0.15) is 0 Å². The average molecular weight is 314 g/mol. The Morgan fingerprint density at radius 1 is 0.833 bits per heavy atom. The minimum absolute atomic E-state index is 0.0530. The molecular formula is C20H15BO3. The normalized spacial score (nSPS) is 15.7. The lowest BCUT2D eigenvalue weighted by atomic mass is 9.74. The van der Waals surface area contributed by atoms with E-state index in [1.165, 1.54) is 0 Å². The third-order valence-corrected chi connectivity index (χ3v) is 5.16.